The van der Waals surface area contributed by atoms with Crippen molar-refractivity contribution < 1.29 is 27.0 Å². The summed E-state index contributed by atoms with van der Waals surface area (Å²) in [6.45, 7) is 14.6. The fourth-order valence-corrected chi connectivity index (χ4v) is 12.5. The average molecular weight is 1520 g/mol. The minimum Gasteiger partial charge on any atom is -1.00 e. The number of allylic oxidation sites excluding steroid dienone is 20. The molecule has 103 heavy (non-hydrogen) atoms. The van der Waals surface area contributed by atoms with Crippen LogP contribution in [0.15, 0.2) is 122 Å². The van der Waals surface area contributed by atoms with E-state index in [1.165, 1.54) is 358 Å². The maximum absolute atomic E-state index is 10.9. The van der Waals surface area contributed by atoms with Gasteiger partial charge in [-0.3, -0.25) is 9.59 Å². The van der Waals surface area contributed by atoms with E-state index < -0.39 is 0 Å². The van der Waals surface area contributed by atoms with Gasteiger partial charge in [-0.2, -0.15) is 0 Å². The Kier molecular flexibility index (Phi) is 117. The molecule has 0 amide bonds. The molecule has 0 rings (SSSR count). The molecule has 0 aliphatic heterocycles. The van der Waals surface area contributed by atoms with Crippen molar-refractivity contribution in [3.63, 3.8) is 0 Å². The molecular weight excluding hydrogens is 1340 g/mol. The van der Waals surface area contributed by atoms with Crippen molar-refractivity contribution in [3.05, 3.63) is 122 Å². The third kappa shape index (κ3) is 116. The Morgan fingerprint density at radius 2 is 0.456 bits per heavy atom. The monoisotopic (exact) mass is 1510 g/mol. The van der Waals surface area contributed by atoms with Crippen LogP contribution < -0.4 is 0 Å². The molecule has 0 aromatic carbocycles. The SMILES string of the molecule is CCCCC/C=C\C/C=C\CCCCCCCCBr.CCCCC/C=C\C/C=C\CCCCCCCCC(CCCCCCCC/C=C\C/C=C\CCCCC)OC=O.CCCCC/C=C\C/C=C\CCCCCCCCC(O)CCCCCCCC/C=C\C/C=C\CCCCC.CCOC=O.[H-].[H-].[Mg+2]. The minimum absolute atomic E-state index is 0. The number of carbonyl (C=O) groups excluding carboxylic acids is 2. The maximum atomic E-state index is 10.9. The van der Waals surface area contributed by atoms with Gasteiger partial charge in [0, 0.05) is 5.33 Å². The fourth-order valence-electron chi connectivity index (χ4n) is 12.1. The Morgan fingerprint density at radius 3 is 0.641 bits per heavy atom. The summed E-state index contributed by atoms with van der Waals surface area (Å²) < 4.78 is 9.54. The van der Waals surface area contributed by atoms with Crippen LogP contribution in [0.5, 0.6) is 0 Å². The molecular formula is C96H177BrMgO5. The van der Waals surface area contributed by atoms with Crippen LogP contribution in [-0.4, -0.2) is 65.2 Å². The van der Waals surface area contributed by atoms with Crippen LogP contribution in [0.4, 0.5) is 0 Å². The van der Waals surface area contributed by atoms with Gasteiger partial charge in [0.1, 0.15) is 6.10 Å². The summed E-state index contributed by atoms with van der Waals surface area (Å²) in [5.74, 6) is 0. The number of halogens is 1. The fraction of sp³-hybridized carbons (Fsp3) is 0.771. The first-order valence-corrected chi connectivity index (χ1v) is 45.5. The molecule has 7 heteroatoms. The average Bonchev–Trinajstić information content (AvgIpc) is 1.66. The van der Waals surface area contributed by atoms with E-state index in [9.17, 15) is 14.7 Å². The number of carbonyl (C=O) groups is 2. The molecule has 0 bridgehead atoms. The van der Waals surface area contributed by atoms with Crippen molar-refractivity contribution in [2.75, 3.05) is 11.9 Å². The molecule has 0 saturated heterocycles. The zero-order chi connectivity index (χ0) is 74.8. The van der Waals surface area contributed by atoms with Gasteiger partial charge in [0.05, 0.1) is 12.7 Å². The molecule has 0 aromatic rings. The molecule has 0 aliphatic rings. The van der Waals surface area contributed by atoms with Gasteiger partial charge in [-0.15, -0.1) is 0 Å². The van der Waals surface area contributed by atoms with Crippen molar-refractivity contribution in [2.24, 2.45) is 0 Å². The normalized spacial score (nSPS) is 11.9. The molecule has 0 aliphatic carbocycles. The number of alkyl halides is 1. The summed E-state index contributed by atoms with van der Waals surface area (Å²) in [7, 11) is 0. The number of unbranched alkanes of at least 4 members (excludes halogenated alkanes) is 45. The van der Waals surface area contributed by atoms with E-state index in [2.05, 4.69) is 177 Å². The van der Waals surface area contributed by atoms with Crippen LogP contribution >= 0.6 is 15.9 Å². The second-order valence-electron chi connectivity index (χ2n) is 28.8. The van der Waals surface area contributed by atoms with Gasteiger partial charge < -0.3 is 17.4 Å². The quantitative estimate of drug-likeness (QED) is 0.0216. The molecule has 0 atom stereocenters. The van der Waals surface area contributed by atoms with E-state index in [0.29, 0.717) is 19.6 Å². The largest absolute Gasteiger partial charge is 2.00 e. The molecule has 0 saturated carbocycles. The first kappa shape index (κ1) is 109. The third-order valence-corrected chi connectivity index (χ3v) is 19.3. The van der Waals surface area contributed by atoms with Crippen LogP contribution in [0.1, 0.15) is 455 Å². The summed E-state index contributed by atoms with van der Waals surface area (Å²) in [4.78, 5) is 20.1. The van der Waals surface area contributed by atoms with Crippen LogP contribution in [0.3, 0.4) is 0 Å². The Hall–Kier alpha value is -2.45. The predicted octanol–water partition coefficient (Wildman–Crippen LogP) is 32.9. The number of hydrogen-bond donors (Lipinski definition) is 1. The Balaban J connectivity index is -0.000000275. The summed E-state index contributed by atoms with van der Waals surface area (Å²) in [5.41, 5.74) is 0. The van der Waals surface area contributed by atoms with Crippen molar-refractivity contribution in [1.82, 2.24) is 0 Å². The van der Waals surface area contributed by atoms with Gasteiger partial charge in [-0.25, -0.2) is 0 Å². The van der Waals surface area contributed by atoms with Crippen molar-refractivity contribution in [3.8, 4) is 0 Å². The number of rotatable bonds is 78. The summed E-state index contributed by atoms with van der Waals surface area (Å²) in [6.07, 6.45) is 128. The predicted molar refractivity (Wildman–Crippen MR) is 472 cm³/mol. The molecule has 0 heterocycles. The number of aliphatic hydroxyl groups is 1. The van der Waals surface area contributed by atoms with Gasteiger partial charge in [-0.1, -0.05) is 378 Å². The molecule has 0 radical (unpaired) electrons. The van der Waals surface area contributed by atoms with E-state index >= 15 is 0 Å². The summed E-state index contributed by atoms with van der Waals surface area (Å²) in [5, 5.41) is 11.4. The topological polar surface area (TPSA) is 72.8 Å². The standard InChI is InChI=1S/C38H68O2.C37H68O.C18H33Br.C3H6O2.Mg.2H/c1-3-5-7-9-11-13-15-17-19-21-23-25-27-29-31-33-35-38(40-37-39)36-34-32-30-28-26-24-22-20-18-16-14-12-10-8-6-4-2;1-3-5-7-9-11-13-15-17-19-21-23-25-27-29-31-33-35-37(38)36-34-32-30-28-26-24-22-20-18-16-14-12-10-8-6-4-2;1-2-3-4-5-6-7-8-9-10-11-12-13-14-15-16-17-18-19;1-2-5-3-4;;;/h11-14,17-20,37-38H,3-10,15-16,21-36H2,1-2H3;11-14,17-20,37-38H,3-10,15-16,21-36H2,1-2H3;6-7,9-10H,2-5,8,11-18H2,1H3;3H,2H2,1H3;;;/q;;;;+2;2*-1/b2*13-11-,14-12-,19-17-,20-18-;7-6-,10-9-;;;;. The van der Waals surface area contributed by atoms with Crippen LogP contribution in [0.2, 0.25) is 0 Å². The van der Waals surface area contributed by atoms with E-state index in [1.807, 2.05) is 0 Å². The molecule has 1 N–H and O–H groups in total. The van der Waals surface area contributed by atoms with E-state index in [-0.39, 0.29) is 38.1 Å². The number of ether oxygens (including phenoxy) is 2. The van der Waals surface area contributed by atoms with Gasteiger partial charge in [0.2, 0.25) is 0 Å². The number of hydrogen-bond acceptors (Lipinski definition) is 5. The molecule has 5 nitrogen and oxygen atoms in total. The maximum Gasteiger partial charge on any atom is 2.00 e. The van der Waals surface area contributed by atoms with E-state index in [4.69, 9.17) is 4.74 Å². The zero-order valence-corrected chi connectivity index (χ0v) is 72.7. The Labute approximate surface area is 672 Å². The zero-order valence-electron chi connectivity index (χ0n) is 71.7. The van der Waals surface area contributed by atoms with Crippen molar-refractivity contribution >= 4 is 51.9 Å². The molecule has 0 fully saturated rings. The summed E-state index contributed by atoms with van der Waals surface area (Å²) >= 11 is 3.48. The van der Waals surface area contributed by atoms with Crippen LogP contribution in [0.25, 0.3) is 0 Å². The summed E-state index contributed by atoms with van der Waals surface area (Å²) in [6, 6.07) is 0. The number of aliphatic hydroxyl groups excluding tert-OH is 1. The van der Waals surface area contributed by atoms with Gasteiger partial charge >= 0.3 is 23.1 Å². The van der Waals surface area contributed by atoms with Crippen LogP contribution in [-0.2, 0) is 19.1 Å². The van der Waals surface area contributed by atoms with Gasteiger partial charge in [0.15, 0.2) is 0 Å². The van der Waals surface area contributed by atoms with E-state index in [1.54, 1.807) is 6.92 Å². The van der Waals surface area contributed by atoms with Gasteiger partial charge in [0.25, 0.3) is 12.9 Å². The Bertz CT molecular complexity index is 1750. The first-order chi connectivity index (χ1) is 50.5. The second-order valence-corrected chi connectivity index (χ2v) is 29.6. The second kappa shape index (κ2) is 110. The third-order valence-electron chi connectivity index (χ3n) is 18.7. The van der Waals surface area contributed by atoms with Crippen LogP contribution in [0, 0.1) is 0 Å². The van der Waals surface area contributed by atoms with E-state index in [0.717, 1.165) is 57.8 Å². The smallest absolute Gasteiger partial charge is 1.00 e. The first-order valence-electron chi connectivity index (χ1n) is 44.4. The Morgan fingerprint density at radius 1 is 0.262 bits per heavy atom. The van der Waals surface area contributed by atoms with Crippen molar-refractivity contribution in [2.45, 2.75) is 465 Å². The molecule has 0 spiro atoms. The molecule has 600 valence electrons. The molecule has 0 unspecified atom stereocenters. The minimum atomic E-state index is -0.0633. The van der Waals surface area contributed by atoms with Gasteiger partial charge in [-0.05, 0) is 212 Å². The van der Waals surface area contributed by atoms with Crippen molar-refractivity contribution in [1.29, 1.82) is 0 Å². The molecule has 0 aromatic heterocycles.